The lowest BCUT2D eigenvalue weighted by Gasteiger charge is -2.22. The van der Waals surface area contributed by atoms with Crippen LogP contribution < -0.4 is 10.6 Å². The topological polar surface area (TPSA) is 58.2 Å². The molecule has 1 fully saturated rings. The van der Waals surface area contributed by atoms with Crippen molar-refractivity contribution in [3.63, 3.8) is 0 Å². The van der Waals surface area contributed by atoms with E-state index in [1.807, 2.05) is 12.2 Å². The number of imide groups is 1. The first kappa shape index (κ1) is 16.2. The zero-order valence-corrected chi connectivity index (χ0v) is 12.4. The van der Waals surface area contributed by atoms with Crippen LogP contribution in [0.25, 0.3) is 0 Å². The average molecular weight is 276 g/mol. The first-order chi connectivity index (χ1) is 9.43. The van der Waals surface area contributed by atoms with Crippen LogP contribution in [-0.4, -0.2) is 17.9 Å². The molecule has 1 aliphatic rings. The first-order valence-electron chi connectivity index (χ1n) is 7.10. The highest BCUT2D eigenvalue weighted by Gasteiger charge is 2.26. The number of carbonyl (C=O) groups is 2. The Morgan fingerprint density at radius 2 is 2.15 bits per heavy atom. The quantitative estimate of drug-likeness (QED) is 0.554. The van der Waals surface area contributed by atoms with Gasteiger partial charge in [0.25, 0.3) is 0 Å². The molecular formula is C16H24N2O2. The highest BCUT2D eigenvalue weighted by Crippen LogP contribution is 2.16. The molecule has 2 atom stereocenters. The zero-order chi connectivity index (χ0) is 15.1. The standard InChI is InChI=1S/C16H24N2O2/c1-5-6-11(2)12(3)7-8-13(4)17-14-9-10-15(19)18-16(14)20/h7-8,11,14,17H,3-6,9-10H2,1-2H3,(H,18,19,20)/b8-7-. The molecule has 1 rings (SSSR count). The van der Waals surface area contributed by atoms with Crippen LogP contribution in [0.1, 0.15) is 39.5 Å². The van der Waals surface area contributed by atoms with E-state index in [4.69, 9.17) is 0 Å². The lowest BCUT2D eigenvalue weighted by molar-refractivity contribution is -0.134. The van der Waals surface area contributed by atoms with E-state index in [-0.39, 0.29) is 17.9 Å². The SMILES string of the molecule is C=C(/C=C\C(=C)C(C)CCC)NC1CCC(=O)NC1=O. The average Bonchev–Trinajstić information content (AvgIpc) is 2.39. The van der Waals surface area contributed by atoms with Gasteiger partial charge in [0.1, 0.15) is 6.04 Å². The van der Waals surface area contributed by atoms with E-state index in [0.29, 0.717) is 24.5 Å². The maximum absolute atomic E-state index is 11.6. The van der Waals surface area contributed by atoms with E-state index in [1.54, 1.807) is 0 Å². The summed E-state index contributed by atoms with van der Waals surface area (Å²) in [6.45, 7) is 12.2. The molecule has 110 valence electrons. The first-order valence-corrected chi connectivity index (χ1v) is 7.10. The lowest BCUT2D eigenvalue weighted by Crippen LogP contribution is -2.50. The van der Waals surface area contributed by atoms with Gasteiger partial charge in [0, 0.05) is 12.1 Å². The minimum absolute atomic E-state index is 0.212. The summed E-state index contributed by atoms with van der Waals surface area (Å²) >= 11 is 0. The molecule has 0 radical (unpaired) electrons. The monoisotopic (exact) mass is 276 g/mol. The van der Waals surface area contributed by atoms with Gasteiger partial charge in [-0.25, -0.2) is 0 Å². The van der Waals surface area contributed by atoms with E-state index in [2.05, 4.69) is 37.6 Å². The molecule has 2 N–H and O–H groups in total. The molecule has 1 saturated heterocycles. The molecule has 0 bridgehead atoms. The molecule has 2 amide bonds. The maximum Gasteiger partial charge on any atom is 0.249 e. The summed E-state index contributed by atoms with van der Waals surface area (Å²) in [6, 6.07) is -0.383. The van der Waals surface area contributed by atoms with Gasteiger partial charge in [-0.15, -0.1) is 0 Å². The smallest absolute Gasteiger partial charge is 0.249 e. The third kappa shape index (κ3) is 5.03. The molecule has 0 aromatic rings. The Hall–Kier alpha value is -1.84. The van der Waals surface area contributed by atoms with Crippen LogP contribution in [0.3, 0.4) is 0 Å². The van der Waals surface area contributed by atoms with Crippen LogP contribution in [0, 0.1) is 5.92 Å². The Morgan fingerprint density at radius 1 is 1.45 bits per heavy atom. The molecule has 1 heterocycles. The van der Waals surface area contributed by atoms with Crippen molar-refractivity contribution < 1.29 is 9.59 Å². The van der Waals surface area contributed by atoms with Crippen LogP contribution in [0.15, 0.2) is 36.6 Å². The van der Waals surface area contributed by atoms with Crippen molar-refractivity contribution in [2.24, 2.45) is 5.92 Å². The van der Waals surface area contributed by atoms with Crippen molar-refractivity contribution in [3.05, 3.63) is 36.6 Å². The summed E-state index contributed by atoms with van der Waals surface area (Å²) in [6.07, 6.45) is 6.87. The molecule has 0 saturated carbocycles. The van der Waals surface area contributed by atoms with Crippen molar-refractivity contribution in [3.8, 4) is 0 Å². The Labute approximate surface area is 121 Å². The number of hydrogen-bond donors (Lipinski definition) is 2. The molecule has 0 aliphatic carbocycles. The number of rotatable bonds is 7. The summed E-state index contributed by atoms with van der Waals surface area (Å²) in [7, 11) is 0. The number of amides is 2. The Morgan fingerprint density at radius 3 is 2.75 bits per heavy atom. The predicted molar refractivity (Wildman–Crippen MR) is 80.8 cm³/mol. The number of allylic oxidation sites excluding steroid dienone is 3. The van der Waals surface area contributed by atoms with Gasteiger partial charge in [0.15, 0.2) is 0 Å². The fraction of sp³-hybridized carbons (Fsp3) is 0.500. The van der Waals surface area contributed by atoms with E-state index >= 15 is 0 Å². The molecular weight excluding hydrogens is 252 g/mol. The summed E-state index contributed by atoms with van der Waals surface area (Å²) in [5.74, 6) is -0.0513. The molecule has 2 unspecified atom stereocenters. The van der Waals surface area contributed by atoms with Crippen molar-refractivity contribution in [1.82, 2.24) is 10.6 Å². The van der Waals surface area contributed by atoms with E-state index in [0.717, 1.165) is 18.4 Å². The number of hydrogen-bond acceptors (Lipinski definition) is 3. The molecule has 4 nitrogen and oxygen atoms in total. The molecule has 1 aliphatic heterocycles. The maximum atomic E-state index is 11.6. The van der Waals surface area contributed by atoms with E-state index in [1.165, 1.54) is 0 Å². The highest BCUT2D eigenvalue weighted by molar-refractivity contribution is 6.00. The second kappa shape index (κ2) is 7.68. The third-order valence-electron chi connectivity index (χ3n) is 3.45. The zero-order valence-electron chi connectivity index (χ0n) is 12.4. The number of carbonyl (C=O) groups excluding carboxylic acids is 2. The van der Waals surface area contributed by atoms with Gasteiger partial charge in [0.05, 0.1) is 0 Å². The molecule has 4 heteroatoms. The minimum atomic E-state index is -0.383. The predicted octanol–water partition coefficient (Wildman–Crippen LogP) is 2.44. The third-order valence-corrected chi connectivity index (χ3v) is 3.45. The van der Waals surface area contributed by atoms with Gasteiger partial charge in [-0.2, -0.15) is 0 Å². The Bertz CT molecular complexity index is 438. The van der Waals surface area contributed by atoms with E-state index < -0.39 is 0 Å². The Kier molecular flexibility index (Phi) is 6.22. The van der Waals surface area contributed by atoms with Gasteiger partial charge < -0.3 is 5.32 Å². The molecule has 0 spiro atoms. The normalized spacial score (nSPS) is 20.6. The van der Waals surface area contributed by atoms with Crippen molar-refractivity contribution in [2.75, 3.05) is 0 Å². The number of nitrogens with one attached hydrogen (secondary N) is 2. The van der Waals surface area contributed by atoms with Crippen LogP contribution in [-0.2, 0) is 9.59 Å². The van der Waals surface area contributed by atoms with Gasteiger partial charge in [-0.3, -0.25) is 14.9 Å². The molecule has 20 heavy (non-hydrogen) atoms. The molecule has 0 aromatic carbocycles. The van der Waals surface area contributed by atoms with Crippen LogP contribution in [0.5, 0.6) is 0 Å². The Balaban J connectivity index is 2.45. The van der Waals surface area contributed by atoms with Crippen LogP contribution in [0.4, 0.5) is 0 Å². The van der Waals surface area contributed by atoms with Gasteiger partial charge in [-0.05, 0) is 24.8 Å². The molecule has 0 aromatic heterocycles. The van der Waals surface area contributed by atoms with Crippen molar-refractivity contribution in [1.29, 1.82) is 0 Å². The van der Waals surface area contributed by atoms with Crippen LogP contribution >= 0.6 is 0 Å². The van der Waals surface area contributed by atoms with Gasteiger partial charge >= 0.3 is 0 Å². The van der Waals surface area contributed by atoms with E-state index in [9.17, 15) is 9.59 Å². The fourth-order valence-electron chi connectivity index (χ4n) is 2.09. The number of piperidine rings is 1. The lowest BCUT2D eigenvalue weighted by atomic mass is 9.97. The fourth-order valence-corrected chi connectivity index (χ4v) is 2.09. The van der Waals surface area contributed by atoms with Crippen molar-refractivity contribution >= 4 is 11.8 Å². The van der Waals surface area contributed by atoms with Gasteiger partial charge in [0.2, 0.25) is 11.8 Å². The summed E-state index contributed by atoms with van der Waals surface area (Å²) in [5.41, 5.74) is 1.71. The van der Waals surface area contributed by atoms with Gasteiger partial charge in [-0.1, -0.05) is 45.1 Å². The highest BCUT2D eigenvalue weighted by atomic mass is 16.2. The summed E-state index contributed by atoms with van der Waals surface area (Å²) in [5, 5.41) is 5.34. The summed E-state index contributed by atoms with van der Waals surface area (Å²) in [4.78, 5) is 22.6. The second-order valence-electron chi connectivity index (χ2n) is 5.27. The van der Waals surface area contributed by atoms with Crippen molar-refractivity contribution in [2.45, 2.75) is 45.6 Å². The second-order valence-corrected chi connectivity index (χ2v) is 5.27. The minimum Gasteiger partial charge on any atom is -0.374 e. The summed E-state index contributed by atoms with van der Waals surface area (Å²) < 4.78 is 0. The van der Waals surface area contributed by atoms with Crippen LogP contribution in [0.2, 0.25) is 0 Å². The largest absolute Gasteiger partial charge is 0.374 e.